The summed E-state index contributed by atoms with van der Waals surface area (Å²) in [6.45, 7) is 2.03. The summed E-state index contributed by atoms with van der Waals surface area (Å²) in [6.07, 6.45) is 4.05. The lowest BCUT2D eigenvalue weighted by molar-refractivity contribution is 0.102. The Balaban J connectivity index is 1.69. The third-order valence-electron chi connectivity index (χ3n) is 3.64. The molecular formula is C16H15F2N3O. The summed E-state index contributed by atoms with van der Waals surface area (Å²) in [6, 6.07) is 6.61. The van der Waals surface area contributed by atoms with Crippen molar-refractivity contribution in [3.8, 4) is 0 Å². The molecule has 0 bridgehead atoms. The second-order valence-corrected chi connectivity index (χ2v) is 5.18. The summed E-state index contributed by atoms with van der Waals surface area (Å²) >= 11 is 0. The number of anilines is 2. The number of hydrogen-bond donors (Lipinski definition) is 1. The highest BCUT2D eigenvalue weighted by Crippen LogP contribution is 2.20. The van der Waals surface area contributed by atoms with Gasteiger partial charge in [0.1, 0.15) is 5.82 Å². The van der Waals surface area contributed by atoms with E-state index in [0.29, 0.717) is 5.82 Å². The van der Waals surface area contributed by atoms with Crippen LogP contribution < -0.4 is 10.2 Å². The van der Waals surface area contributed by atoms with Crippen LogP contribution in [0.15, 0.2) is 36.5 Å². The summed E-state index contributed by atoms with van der Waals surface area (Å²) in [5.74, 6) is -2.19. The van der Waals surface area contributed by atoms with Gasteiger partial charge in [-0.05, 0) is 43.2 Å². The van der Waals surface area contributed by atoms with Gasteiger partial charge in [0.05, 0.1) is 11.9 Å². The van der Waals surface area contributed by atoms with E-state index < -0.39 is 17.5 Å². The SMILES string of the molecule is O=C(Nc1ccc(N2CCCC2)cn1)c1ccc(F)c(F)c1. The first-order chi connectivity index (χ1) is 10.6. The van der Waals surface area contributed by atoms with Crippen molar-refractivity contribution in [2.24, 2.45) is 0 Å². The van der Waals surface area contributed by atoms with Crippen molar-refractivity contribution < 1.29 is 13.6 Å². The molecule has 1 aliphatic rings. The molecule has 1 N–H and O–H groups in total. The lowest BCUT2D eigenvalue weighted by atomic mass is 10.2. The number of carbonyl (C=O) groups is 1. The second-order valence-electron chi connectivity index (χ2n) is 5.18. The van der Waals surface area contributed by atoms with Crippen LogP contribution in [0.25, 0.3) is 0 Å². The number of hydrogen-bond acceptors (Lipinski definition) is 3. The first-order valence-corrected chi connectivity index (χ1v) is 7.11. The normalized spacial score (nSPS) is 14.2. The van der Waals surface area contributed by atoms with Crippen LogP contribution in [0.1, 0.15) is 23.2 Å². The molecule has 1 aromatic carbocycles. The molecule has 1 amide bonds. The molecule has 3 rings (SSSR count). The van der Waals surface area contributed by atoms with E-state index in [-0.39, 0.29) is 5.56 Å². The highest BCUT2D eigenvalue weighted by atomic mass is 19.2. The van der Waals surface area contributed by atoms with E-state index in [2.05, 4.69) is 15.2 Å². The first-order valence-electron chi connectivity index (χ1n) is 7.11. The Morgan fingerprint density at radius 1 is 1.09 bits per heavy atom. The standard InChI is InChI=1S/C16H15F2N3O/c17-13-5-3-11(9-14(13)18)16(22)20-15-6-4-12(10-19-15)21-7-1-2-8-21/h3-6,9-10H,1-2,7-8H2,(H,19,20,22). The third kappa shape index (κ3) is 3.05. The minimum absolute atomic E-state index is 0.0457. The molecule has 0 unspecified atom stereocenters. The Bertz CT molecular complexity index is 682. The topological polar surface area (TPSA) is 45.2 Å². The van der Waals surface area contributed by atoms with Crippen LogP contribution in [0.4, 0.5) is 20.3 Å². The predicted octanol–water partition coefficient (Wildman–Crippen LogP) is 3.21. The monoisotopic (exact) mass is 303 g/mol. The van der Waals surface area contributed by atoms with Gasteiger partial charge >= 0.3 is 0 Å². The molecule has 1 aliphatic heterocycles. The number of halogens is 2. The highest BCUT2D eigenvalue weighted by Gasteiger charge is 2.13. The summed E-state index contributed by atoms with van der Waals surface area (Å²) < 4.78 is 26.0. The van der Waals surface area contributed by atoms with Crippen LogP contribution in [-0.2, 0) is 0 Å². The van der Waals surface area contributed by atoms with E-state index in [1.165, 1.54) is 18.9 Å². The minimum Gasteiger partial charge on any atom is -0.370 e. The number of amides is 1. The summed E-state index contributed by atoms with van der Waals surface area (Å²) in [4.78, 5) is 18.4. The van der Waals surface area contributed by atoms with E-state index >= 15 is 0 Å². The van der Waals surface area contributed by atoms with Gasteiger partial charge in [0.15, 0.2) is 11.6 Å². The molecule has 0 radical (unpaired) electrons. The van der Waals surface area contributed by atoms with E-state index in [0.717, 1.165) is 30.9 Å². The van der Waals surface area contributed by atoms with Crippen LogP contribution in [0.2, 0.25) is 0 Å². The molecule has 22 heavy (non-hydrogen) atoms. The van der Waals surface area contributed by atoms with Gasteiger partial charge < -0.3 is 10.2 Å². The fraction of sp³-hybridized carbons (Fsp3) is 0.250. The molecule has 0 saturated carbocycles. The van der Waals surface area contributed by atoms with Crippen LogP contribution in [0.3, 0.4) is 0 Å². The van der Waals surface area contributed by atoms with Gasteiger partial charge in [0, 0.05) is 18.7 Å². The molecule has 0 aliphatic carbocycles. The maximum absolute atomic E-state index is 13.1. The average Bonchev–Trinajstić information content (AvgIpc) is 3.05. The van der Waals surface area contributed by atoms with Crippen molar-refractivity contribution >= 4 is 17.4 Å². The van der Waals surface area contributed by atoms with Gasteiger partial charge in [-0.3, -0.25) is 4.79 Å². The zero-order valence-corrected chi connectivity index (χ0v) is 11.9. The molecule has 4 nitrogen and oxygen atoms in total. The number of carbonyl (C=O) groups excluding carboxylic acids is 1. The van der Waals surface area contributed by atoms with Crippen molar-refractivity contribution in [3.05, 3.63) is 53.7 Å². The quantitative estimate of drug-likeness (QED) is 0.947. The predicted molar refractivity (Wildman–Crippen MR) is 80.0 cm³/mol. The Morgan fingerprint density at radius 2 is 1.86 bits per heavy atom. The van der Waals surface area contributed by atoms with Gasteiger partial charge in [-0.1, -0.05) is 0 Å². The van der Waals surface area contributed by atoms with Gasteiger partial charge in [-0.15, -0.1) is 0 Å². The molecule has 1 fully saturated rings. The van der Waals surface area contributed by atoms with E-state index in [9.17, 15) is 13.6 Å². The van der Waals surface area contributed by atoms with E-state index in [1.54, 1.807) is 12.3 Å². The fourth-order valence-electron chi connectivity index (χ4n) is 2.45. The fourth-order valence-corrected chi connectivity index (χ4v) is 2.45. The minimum atomic E-state index is -1.05. The average molecular weight is 303 g/mol. The molecule has 6 heteroatoms. The van der Waals surface area contributed by atoms with Gasteiger partial charge in [0.2, 0.25) is 0 Å². The molecule has 0 atom stereocenters. The highest BCUT2D eigenvalue weighted by molar-refractivity contribution is 6.03. The number of rotatable bonds is 3. The Hall–Kier alpha value is -2.50. The van der Waals surface area contributed by atoms with E-state index in [4.69, 9.17) is 0 Å². The molecule has 1 aromatic heterocycles. The molecule has 1 saturated heterocycles. The Labute approximate surface area is 126 Å². The lowest BCUT2D eigenvalue weighted by Gasteiger charge is -2.17. The number of pyridine rings is 1. The van der Waals surface area contributed by atoms with Crippen LogP contribution in [-0.4, -0.2) is 24.0 Å². The van der Waals surface area contributed by atoms with Crippen molar-refractivity contribution in [3.63, 3.8) is 0 Å². The molecule has 114 valence electrons. The summed E-state index contributed by atoms with van der Waals surface area (Å²) in [5.41, 5.74) is 1.06. The zero-order valence-electron chi connectivity index (χ0n) is 11.9. The van der Waals surface area contributed by atoms with Crippen molar-refractivity contribution in [1.29, 1.82) is 0 Å². The number of benzene rings is 1. The maximum atomic E-state index is 13.1. The number of aromatic nitrogens is 1. The van der Waals surface area contributed by atoms with Crippen LogP contribution >= 0.6 is 0 Å². The van der Waals surface area contributed by atoms with Gasteiger partial charge in [-0.25, -0.2) is 13.8 Å². The molecule has 2 heterocycles. The number of nitrogens with zero attached hydrogens (tertiary/aromatic N) is 2. The smallest absolute Gasteiger partial charge is 0.256 e. The summed E-state index contributed by atoms with van der Waals surface area (Å²) in [7, 11) is 0. The van der Waals surface area contributed by atoms with Gasteiger partial charge in [-0.2, -0.15) is 0 Å². The molecular weight excluding hydrogens is 288 g/mol. The van der Waals surface area contributed by atoms with Crippen molar-refractivity contribution in [2.45, 2.75) is 12.8 Å². The Morgan fingerprint density at radius 3 is 2.50 bits per heavy atom. The van der Waals surface area contributed by atoms with Crippen molar-refractivity contribution in [2.75, 3.05) is 23.3 Å². The van der Waals surface area contributed by atoms with Crippen molar-refractivity contribution in [1.82, 2.24) is 4.98 Å². The van der Waals surface area contributed by atoms with Crippen LogP contribution in [0, 0.1) is 11.6 Å². The Kier molecular flexibility index (Phi) is 4.00. The maximum Gasteiger partial charge on any atom is 0.256 e. The number of nitrogens with one attached hydrogen (secondary N) is 1. The molecule has 2 aromatic rings. The third-order valence-corrected chi connectivity index (χ3v) is 3.64. The van der Waals surface area contributed by atoms with Gasteiger partial charge in [0.25, 0.3) is 5.91 Å². The van der Waals surface area contributed by atoms with Crippen LogP contribution in [0.5, 0.6) is 0 Å². The zero-order chi connectivity index (χ0) is 15.5. The first kappa shape index (κ1) is 14.4. The molecule has 0 spiro atoms. The lowest BCUT2D eigenvalue weighted by Crippen LogP contribution is -2.18. The largest absolute Gasteiger partial charge is 0.370 e. The van der Waals surface area contributed by atoms with E-state index in [1.807, 2.05) is 6.07 Å². The second kappa shape index (κ2) is 6.09. The summed E-state index contributed by atoms with van der Waals surface area (Å²) in [5, 5.41) is 2.57.